The van der Waals surface area contributed by atoms with Crippen LogP contribution >= 0.6 is 54.5 Å². The van der Waals surface area contributed by atoms with E-state index in [0.29, 0.717) is 0 Å². The van der Waals surface area contributed by atoms with Crippen molar-refractivity contribution < 1.29 is 5.11 Å². The van der Waals surface area contributed by atoms with Gasteiger partial charge in [0.1, 0.15) is 5.01 Å². The molecule has 14 heavy (non-hydrogen) atoms. The van der Waals surface area contributed by atoms with Gasteiger partial charge in [-0.25, -0.2) is 4.98 Å². The van der Waals surface area contributed by atoms with E-state index in [1.807, 2.05) is 6.07 Å². The molecule has 2 aromatic heterocycles. The Morgan fingerprint density at radius 1 is 1.36 bits per heavy atom. The summed E-state index contributed by atoms with van der Waals surface area (Å²) in [5, 5.41) is 9.86. The van der Waals surface area contributed by atoms with Crippen LogP contribution < -0.4 is 0 Å². The molecule has 0 aliphatic heterocycles. The van der Waals surface area contributed by atoms with Gasteiger partial charge in [-0.3, -0.25) is 0 Å². The number of aliphatic hydroxyl groups excluding tert-OH is 1. The summed E-state index contributed by atoms with van der Waals surface area (Å²) in [4.78, 5) is 6.23. The first kappa shape index (κ1) is 10.8. The van der Waals surface area contributed by atoms with Crippen LogP contribution in [0, 0.1) is 0 Å². The number of thiophene rings is 1. The topological polar surface area (TPSA) is 33.1 Å². The first-order valence-corrected chi connectivity index (χ1v) is 6.93. The molecule has 0 saturated carbocycles. The van der Waals surface area contributed by atoms with Gasteiger partial charge < -0.3 is 5.11 Å². The number of nitrogens with zero attached hydrogens (tertiary/aromatic N) is 1. The molecule has 0 unspecified atom stereocenters. The van der Waals surface area contributed by atoms with Crippen molar-refractivity contribution in [2.45, 2.75) is 6.61 Å². The first-order valence-electron chi connectivity index (χ1n) is 3.71. The number of thiazole rings is 1. The Morgan fingerprint density at radius 2 is 2.14 bits per heavy atom. The highest BCUT2D eigenvalue weighted by atomic mass is 79.9. The normalized spacial score (nSPS) is 10.8. The quantitative estimate of drug-likeness (QED) is 0.887. The van der Waals surface area contributed by atoms with Gasteiger partial charge in [-0.05, 0) is 37.9 Å². The Labute approximate surface area is 106 Å². The maximum absolute atomic E-state index is 8.91. The highest BCUT2D eigenvalue weighted by Gasteiger charge is 2.09. The molecule has 0 amide bonds. The minimum Gasteiger partial charge on any atom is -0.391 e. The van der Waals surface area contributed by atoms with Gasteiger partial charge >= 0.3 is 0 Å². The van der Waals surface area contributed by atoms with Crippen LogP contribution in [-0.2, 0) is 6.61 Å². The van der Waals surface area contributed by atoms with Crippen molar-refractivity contribution in [2.75, 3.05) is 0 Å². The van der Waals surface area contributed by atoms with E-state index in [-0.39, 0.29) is 6.61 Å². The predicted octanol–water partition coefficient (Wildman–Crippen LogP) is 3.89. The fourth-order valence-electron chi connectivity index (χ4n) is 0.946. The Morgan fingerprint density at radius 3 is 2.64 bits per heavy atom. The van der Waals surface area contributed by atoms with Crippen molar-refractivity contribution in [2.24, 2.45) is 0 Å². The predicted molar refractivity (Wildman–Crippen MR) is 66.7 cm³/mol. The number of aliphatic hydroxyl groups is 1. The number of rotatable bonds is 2. The summed E-state index contributed by atoms with van der Waals surface area (Å²) in [6, 6.07) is 2.02. The van der Waals surface area contributed by atoms with Crippen LogP contribution in [-0.4, -0.2) is 10.1 Å². The highest BCUT2D eigenvalue weighted by Crippen LogP contribution is 2.39. The average Bonchev–Trinajstić information content (AvgIpc) is 2.74. The second kappa shape index (κ2) is 4.40. The van der Waals surface area contributed by atoms with Crippen LogP contribution in [0.1, 0.15) is 4.88 Å². The molecule has 0 bridgehead atoms. The molecule has 0 spiro atoms. The van der Waals surface area contributed by atoms with Crippen LogP contribution in [0.15, 0.2) is 20.5 Å². The second-order valence-electron chi connectivity index (χ2n) is 2.52. The zero-order valence-corrected chi connectivity index (χ0v) is 11.6. The fourth-order valence-corrected chi connectivity index (χ4v) is 3.81. The number of hydrogen-bond donors (Lipinski definition) is 1. The second-order valence-corrected chi connectivity index (χ2v) is 6.86. The Balaban J connectivity index is 2.39. The molecule has 0 saturated heterocycles. The van der Waals surface area contributed by atoms with Crippen molar-refractivity contribution in [1.29, 1.82) is 0 Å². The van der Waals surface area contributed by atoms with Gasteiger partial charge in [0.2, 0.25) is 0 Å². The summed E-state index contributed by atoms with van der Waals surface area (Å²) >= 11 is 10.0. The molecule has 0 aliphatic carbocycles. The van der Waals surface area contributed by atoms with E-state index in [4.69, 9.17) is 5.11 Å². The lowest BCUT2D eigenvalue weighted by molar-refractivity contribution is 0.285. The number of halogens is 2. The molecule has 2 heterocycles. The molecule has 0 aromatic carbocycles. The largest absolute Gasteiger partial charge is 0.391 e. The summed E-state index contributed by atoms with van der Waals surface area (Å²) in [7, 11) is 0. The molecular formula is C8H5Br2NOS2. The lowest BCUT2D eigenvalue weighted by Crippen LogP contribution is -1.70. The summed E-state index contributed by atoms with van der Waals surface area (Å²) in [6.07, 6.45) is 1.71. The molecule has 1 N–H and O–H groups in total. The van der Waals surface area contributed by atoms with Crippen molar-refractivity contribution in [1.82, 2.24) is 4.98 Å². The average molecular weight is 355 g/mol. The molecule has 74 valence electrons. The lowest BCUT2D eigenvalue weighted by atomic mass is 10.5. The van der Waals surface area contributed by atoms with Gasteiger partial charge in [0, 0.05) is 10.7 Å². The fraction of sp³-hybridized carbons (Fsp3) is 0.125. The third-order valence-corrected chi connectivity index (χ3v) is 5.97. The maximum Gasteiger partial charge on any atom is 0.133 e. The smallest absolute Gasteiger partial charge is 0.133 e. The zero-order valence-electron chi connectivity index (χ0n) is 6.83. The van der Waals surface area contributed by atoms with E-state index in [9.17, 15) is 0 Å². The van der Waals surface area contributed by atoms with E-state index in [2.05, 4.69) is 36.8 Å². The molecule has 2 aromatic rings. The number of hydrogen-bond acceptors (Lipinski definition) is 4. The minimum atomic E-state index is 0.0609. The van der Waals surface area contributed by atoms with Crippen molar-refractivity contribution >= 4 is 54.5 Å². The third-order valence-electron chi connectivity index (χ3n) is 1.57. The van der Waals surface area contributed by atoms with Crippen LogP contribution in [0.2, 0.25) is 0 Å². The number of aromatic nitrogens is 1. The SMILES string of the molecule is OCc1cnc(-c2cc(Br)c(Br)s2)s1. The summed E-state index contributed by atoms with van der Waals surface area (Å²) < 4.78 is 2.10. The Kier molecular flexibility index (Phi) is 3.38. The lowest BCUT2D eigenvalue weighted by Gasteiger charge is -1.85. The maximum atomic E-state index is 8.91. The van der Waals surface area contributed by atoms with E-state index >= 15 is 0 Å². The van der Waals surface area contributed by atoms with Crippen molar-refractivity contribution in [3.63, 3.8) is 0 Å². The molecule has 0 atom stereocenters. The van der Waals surface area contributed by atoms with Gasteiger partial charge in [-0.1, -0.05) is 0 Å². The highest BCUT2D eigenvalue weighted by molar-refractivity contribution is 9.13. The molecule has 0 radical (unpaired) electrons. The van der Waals surface area contributed by atoms with Crippen LogP contribution in [0.5, 0.6) is 0 Å². The molecule has 0 fully saturated rings. The first-order chi connectivity index (χ1) is 6.70. The van der Waals surface area contributed by atoms with Gasteiger partial charge in [0.05, 0.1) is 20.1 Å². The molecule has 2 nitrogen and oxygen atoms in total. The van der Waals surface area contributed by atoms with Crippen LogP contribution in [0.25, 0.3) is 9.88 Å². The minimum absolute atomic E-state index is 0.0609. The Hall–Kier alpha value is 0.250. The van der Waals surface area contributed by atoms with E-state index in [0.717, 1.165) is 23.0 Å². The van der Waals surface area contributed by atoms with Crippen LogP contribution in [0.3, 0.4) is 0 Å². The van der Waals surface area contributed by atoms with Gasteiger partial charge in [-0.15, -0.1) is 22.7 Å². The van der Waals surface area contributed by atoms with Gasteiger partial charge in [-0.2, -0.15) is 0 Å². The molecule has 0 aliphatic rings. The zero-order chi connectivity index (χ0) is 10.1. The van der Waals surface area contributed by atoms with Crippen molar-refractivity contribution in [3.8, 4) is 9.88 Å². The summed E-state index contributed by atoms with van der Waals surface area (Å²) in [5.74, 6) is 0. The molecule has 6 heteroatoms. The third kappa shape index (κ3) is 2.09. The van der Waals surface area contributed by atoms with Gasteiger partial charge in [0.25, 0.3) is 0 Å². The standard InChI is InChI=1S/C8H5Br2NOS2/c9-5-1-6(14-7(5)10)8-11-2-4(3-12)13-8/h1-2,12H,3H2. The summed E-state index contributed by atoms with van der Waals surface area (Å²) in [6.45, 7) is 0.0609. The molecule has 2 rings (SSSR count). The summed E-state index contributed by atoms with van der Waals surface area (Å²) in [5.41, 5.74) is 0. The Bertz CT molecular complexity index is 432. The molecular weight excluding hydrogens is 350 g/mol. The monoisotopic (exact) mass is 353 g/mol. The van der Waals surface area contributed by atoms with E-state index in [1.54, 1.807) is 17.5 Å². The van der Waals surface area contributed by atoms with Crippen LogP contribution in [0.4, 0.5) is 0 Å². The van der Waals surface area contributed by atoms with E-state index < -0.39 is 0 Å². The van der Waals surface area contributed by atoms with Crippen molar-refractivity contribution in [3.05, 3.63) is 25.4 Å². The van der Waals surface area contributed by atoms with E-state index in [1.165, 1.54) is 11.3 Å². The van der Waals surface area contributed by atoms with Gasteiger partial charge in [0.15, 0.2) is 0 Å².